The minimum atomic E-state index is -1.03. The summed E-state index contributed by atoms with van der Waals surface area (Å²) >= 11 is 0. The van der Waals surface area contributed by atoms with Gasteiger partial charge in [-0.1, -0.05) is 0 Å². The van der Waals surface area contributed by atoms with Gasteiger partial charge in [-0.25, -0.2) is 4.79 Å². The number of likely N-dealkylation sites (tertiary alicyclic amines) is 1. The van der Waals surface area contributed by atoms with Gasteiger partial charge in [0.05, 0.1) is 12.1 Å². The first kappa shape index (κ1) is 12.8. The van der Waals surface area contributed by atoms with Gasteiger partial charge in [-0.05, 0) is 20.3 Å². The number of aliphatic hydroxyl groups is 1. The molecule has 1 aliphatic rings. The van der Waals surface area contributed by atoms with E-state index in [1.807, 2.05) is 0 Å². The Bertz CT molecular complexity index is 291. The number of urea groups is 1. The molecule has 0 radical (unpaired) electrons. The quantitative estimate of drug-likeness (QED) is 0.713. The summed E-state index contributed by atoms with van der Waals surface area (Å²) in [7, 11) is 0. The Morgan fingerprint density at radius 1 is 1.50 bits per heavy atom. The van der Waals surface area contributed by atoms with Crippen molar-refractivity contribution < 1.29 is 19.8 Å². The molecule has 92 valence electrons. The lowest BCUT2D eigenvalue weighted by atomic mass is 10.1. The number of β-amino-alcohol motifs (C(OH)–C–C–N with tert-alkyl or cyclic N) is 1. The molecule has 1 atom stereocenters. The Balaban J connectivity index is 2.59. The highest BCUT2D eigenvalue weighted by Gasteiger charge is 2.35. The molecule has 1 aliphatic heterocycles. The van der Waals surface area contributed by atoms with Gasteiger partial charge in [-0.2, -0.15) is 0 Å². The standard InChI is InChI=1S/C10H18N2O4/c1-3-11(6-8(13)14)9(15)12-5-4-10(2,16)7-12/h16H,3-7H2,1-2H3,(H,13,14). The van der Waals surface area contributed by atoms with Gasteiger partial charge in [0, 0.05) is 13.1 Å². The van der Waals surface area contributed by atoms with Gasteiger partial charge in [0.2, 0.25) is 0 Å². The molecule has 0 saturated carbocycles. The van der Waals surface area contributed by atoms with E-state index >= 15 is 0 Å². The van der Waals surface area contributed by atoms with Crippen molar-refractivity contribution in [1.82, 2.24) is 9.80 Å². The Morgan fingerprint density at radius 3 is 2.50 bits per heavy atom. The first-order chi connectivity index (χ1) is 7.35. The predicted molar refractivity (Wildman–Crippen MR) is 57.1 cm³/mol. The molecular formula is C10H18N2O4. The number of likely N-dealkylation sites (N-methyl/N-ethyl adjacent to an activating group) is 1. The van der Waals surface area contributed by atoms with Crippen LogP contribution in [0.2, 0.25) is 0 Å². The predicted octanol–water partition coefficient (Wildman–Crippen LogP) is -0.0304. The molecule has 0 aliphatic carbocycles. The smallest absolute Gasteiger partial charge is 0.323 e. The first-order valence-electron chi connectivity index (χ1n) is 5.34. The molecule has 6 heteroatoms. The minimum Gasteiger partial charge on any atom is -0.480 e. The summed E-state index contributed by atoms with van der Waals surface area (Å²) in [5.41, 5.74) is -0.849. The number of rotatable bonds is 3. The molecule has 1 saturated heterocycles. The Labute approximate surface area is 94.4 Å². The minimum absolute atomic E-state index is 0.266. The fourth-order valence-electron chi connectivity index (χ4n) is 1.79. The molecule has 1 unspecified atom stereocenters. The van der Waals surface area contributed by atoms with Gasteiger partial charge in [0.1, 0.15) is 6.54 Å². The van der Waals surface area contributed by atoms with Gasteiger partial charge in [-0.15, -0.1) is 0 Å². The summed E-state index contributed by atoms with van der Waals surface area (Å²) in [5.74, 6) is -1.03. The second-order valence-electron chi connectivity index (χ2n) is 4.36. The van der Waals surface area contributed by atoms with Gasteiger partial charge in [-0.3, -0.25) is 4.79 Å². The van der Waals surface area contributed by atoms with E-state index < -0.39 is 11.6 Å². The zero-order valence-corrected chi connectivity index (χ0v) is 9.64. The number of aliphatic carboxylic acids is 1. The topological polar surface area (TPSA) is 81.1 Å². The number of nitrogens with zero attached hydrogens (tertiary/aromatic N) is 2. The molecule has 0 spiro atoms. The van der Waals surface area contributed by atoms with Crippen molar-refractivity contribution in [2.24, 2.45) is 0 Å². The Hall–Kier alpha value is -1.30. The van der Waals surface area contributed by atoms with Crippen LogP contribution < -0.4 is 0 Å². The van der Waals surface area contributed by atoms with Crippen LogP contribution in [0.3, 0.4) is 0 Å². The van der Waals surface area contributed by atoms with Gasteiger partial charge in [0.15, 0.2) is 0 Å². The first-order valence-corrected chi connectivity index (χ1v) is 5.34. The van der Waals surface area contributed by atoms with Crippen LogP contribution in [0.1, 0.15) is 20.3 Å². The van der Waals surface area contributed by atoms with Crippen LogP contribution in [0.5, 0.6) is 0 Å². The number of carbonyl (C=O) groups is 2. The van der Waals surface area contributed by atoms with Crippen molar-refractivity contribution in [3.8, 4) is 0 Å². The highest BCUT2D eigenvalue weighted by Crippen LogP contribution is 2.21. The SMILES string of the molecule is CCN(CC(=O)O)C(=O)N1CCC(C)(O)C1. The average molecular weight is 230 g/mol. The Morgan fingerprint density at radius 2 is 2.12 bits per heavy atom. The van der Waals surface area contributed by atoms with Crippen LogP contribution in [0.25, 0.3) is 0 Å². The number of hydrogen-bond acceptors (Lipinski definition) is 3. The van der Waals surface area contributed by atoms with E-state index in [1.165, 1.54) is 9.80 Å². The van der Waals surface area contributed by atoms with Crippen LogP contribution in [-0.2, 0) is 4.79 Å². The van der Waals surface area contributed by atoms with Crippen molar-refractivity contribution in [2.45, 2.75) is 25.9 Å². The molecule has 0 aromatic rings. The van der Waals surface area contributed by atoms with Crippen LogP contribution in [0, 0.1) is 0 Å². The number of carboxylic acid groups (broad SMARTS) is 1. The third kappa shape index (κ3) is 3.10. The molecule has 6 nitrogen and oxygen atoms in total. The van der Waals surface area contributed by atoms with Gasteiger partial charge < -0.3 is 20.0 Å². The molecular weight excluding hydrogens is 212 g/mol. The second kappa shape index (κ2) is 4.69. The van der Waals surface area contributed by atoms with Crippen molar-refractivity contribution in [3.05, 3.63) is 0 Å². The normalized spacial score (nSPS) is 24.6. The number of amides is 2. The van der Waals surface area contributed by atoms with Crippen LogP contribution in [0.4, 0.5) is 4.79 Å². The van der Waals surface area contributed by atoms with Gasteiger partial charge in [0.25, 0.3) is 0 Å². The molecule has 0 aromatic heterocycles. The molecule has 16 heavy (non-hydrogen) atoms. The number of carboxylic acids is 1. The molecule has 0 aromatic carbocycles. The Kier molecular flexibility index (Phi) is 3.74. The van der Waals surface area contributed by atoms with E-state index in [0.29, 0.717) is 19.5 Å². The van der Waals surface area contributed by atoms with E-state index in [1.54, 1.807) is 13.8 Å². The van der Waals surface area contributed by atoms with Crippen molar-refractivity contribution in [2.75, 3.05) is 26.2 Å². The lowest BCUT2D eigenvalue weighted by molar-refractivity contribution is -0.137. The van der Waals surface area contributed by atoms with Gasteiger partial charge >= 0.3 is 12.0 Å². The summed E-state index contributed by atoms with van der Waals surface area (Å²) in [5, 5.41) is 18.4. The van der Waals surface area contributed by atoms with E-state index in [9.17, 15) is 14.7 Å². The molecule has 1 rings (SSSR count). The maximum absolute atomic E-state index is 11.9. The monoisotopic (exact) mass is 230 g/mol. The summed E-state index contributed by atoms with van der Waals surface area (Å²) in [6, 6.07) is -0.317. The maximum atomic E-state index is 11.9. The van der Waals surface area contributed by atoms with Crippen molar-refractivity contribution in [1.29, 1.82) is 0 Å². The summed E-state index contributed by atoms with van der Waals surface area (Å²) in [6.07, 6.45) is 0.531. The molecule has 2 amide bonds. The maximum Gasteiger partial charge on any atom is 0.323 e. The third-order valence-electron chi connectivity index (χ3n) is 2.70. The largest absolute Gasteiger partial charge is 0.480 e. The van der Waals surface area contributed by atoms with E-state index in [0.717, 1.165) is 0 Å². The highest BCUT2D eigenvalue weighted by molar-refractivity contribution is 5.80. The molecule has 2 N–H and O–H groups in total. The second-order valence-corrected chi connectivity index (χ2v) is 4.36. The summed E-state index contributed by atoms with van der Waals surface area (Å²) in [4.78, 5) is 25.2. The van der Waals surface area contributed by atoms with E-state index in [2.05, 4.69) is 0 Å². The van der Waals surface area contributed by atoms with Crippen molar-refractivity contribution in [3.63, 3.8) is 0 Å². The fourth-order valence-corrected chi connectivity index (χ4v) is 1.79. The van der Waals surface area contributed by atoms with Crippen LogP contribution in [-0.4, -0.2) is 63.8 Å². The summed E-state index contributed by atoms with van der Waals surface area (Å²) < 4.78 is 0. The number of carbonyl (C=O) groups excluding carboxylic acids is 1. The zero-order chi connectivity index (χ0) is 12.3. The average Bonchev–Trinajstić information content (AvgIpc) is 2.54. The van der Waals surface area contributed by atoms with E-state index in [-0.39, 0.29) is 19.1 Å². The van der Waals surface area contributed by atoms with E-state index in [4.69, 9.17) is 5.11 Å². The molecule has 1 fully saturated rings. The lowest BCUT2D eigenvalue weighted by Gasteiger charge is -2.26. The number of hydrogen-bond donors (Lipinski definition) is 2. The van der Waals surface area contributed by atoms with Crippen molar-refractivity contribution >= 4 is 12.0 Å². The molecule has 1 heterocycles. The van der Waals surface area contributed by atoms with Crippen LogP contribution in [0.15, 0.2) is 0 Å². The zero-order valence-electron chi connectivity index (χ0n) is 9.64. The summed E-state index contributed by atoms with van der Waals surface area (Å²) in [6.45, 7) is 4.20. The molecule has 0 bridgehead atoms. The lowest BCUT2D eigenvalue weighted by Crippen LogP contribution is -2.45. The van der Waals surface area contributed by atoms with Crippen LogP contribution >= 0.6 is 0 Å². The third-order valence-corrected chi connectivity index (χ3v) is 2.70. The fraction of sp³-hybridized carbons (Fsp3) is 0.800. The highest BCUT2D eigenvalue weighted by atomic mass is 16.4.